The van der Waals surface area contributed by atoms with E-state index in [1.807, 2.05) is 42.1 Å². The van der Waals surface area contributed by atoms with Crippen molar-refractivity contribution in [2.45, 2.75) is 0 Å². The number of hydrogen-bond acceptors (Lipinski definition) is 3. The lowest BCUT2D eigenvalue weighted by atomic mass is 10.0. The van der Waals surface area contributed by atoms with Gasteiger partial charge in [-0.05, 0) is 24.3 Å². The van der Waals surface area contributed by atoms with E-state index in [-0.39, 0.29) is 5.56 Å². The average molecular weight is 311 g/mol. The van der Waals surface area contributed by atoms with Crippen LogP contribution < -0.4 is 9.47 Å². The van der Waals surface area contributed by atoms with Crippen molar-refractivity contribution in [1.29, 1.82) is 0 Å². The molecule has 0 spiro atoms. The summed E-state index contributed by atoms with van der Waals surface area (Å²) in [6.45, 7) is 0. The molecule has 0 aliphatic heterocycles. The summed E-state index contributed by atoms with van der Waals surface area (Å²) in [5.74, 6) is 0.495. The number of fused-ring (bicyclic) bond motifs is 1. The average Bonchev–Trinajstić information content (AvgIpc) is 2.90. The van der Waals surface area contributed by atoms with Gasteiger partial charge in [0.25, 0.3) is 0 Å². The van der Waals surface area contributed by atoms with Crippen molar-refractivity contribution in [3.05, 3.63) is 48.2 Å². The molecule has 3 rings (SSSR count). The van der Waals surface area contributed by atoms with Crippen LogP contribution in [0.3, 0.4) is 0 Å². The highest BCUT2D eigenvalue weighted by Crippen LogP contribution is 2.38. The molecule has 0 aliphatic carbocycles. The van der Waals surface area contributed by atoms with Crippen molar-refractivity contribution >= 4 is 16.9 Å². The maximum Gasteiger partial charge on any atom is 0.335 e. The summed E-state index contributed by atoms with van der Waals surface area (Å²) in [4.78, 5) is 11.2. The number of carbonyl (C=O) groups is 1. The van der Waals surface area contributed by atoms with Gasteiger partial charge in [0.05, 0.1) is 19.8 Å². The Hall–Kier alpha value is -2.95. The number of rotatable bonds is 4. The predicted octanol–water partition coefficient (Wildman–Crippen LogP) is 3.56. The second kappa shape index (κ2) is 5.68. The van der Waals surface area contributed by atoms with E-state index in [1.54, 1.807) is 26.4 Å². The molecule has 0 fully saturated rings. The van der Waals surface area contributed by atoms with Gasteiger partial charge in [-0.25, -0.2) is 4.79 Å². The molecule has 118 valence electrons. The normalized spacial score (nSPS) is 10.7. The number of aromatic carboxylic acids is 1. The van der Waals surface area contributed by atoms with Crippen LogP contribution in [0.4, 0.5) is 0 Å². The predicted molar refractivity (Wildman–Crippen MR) is 88.4 cm³/mol. The van der Waals surface area contributed by atoms with Gasteiger partial charge in [0.1, 0.15) is 11.5 Å². The van der Waals surface area contributed by atoms with Gasteiger partial charge < -0.3 is 19.1 Å². The zero-order valence-corrected chi connectivity index (χ0v) is 13.2. The molecule has 0 amide bonds. The summed E-state index contributed by atoms with van der Waals surface area (Å²) in [5.41, 5.74) is 3.05. The molecule has 23 heavy (non-hydrogen) atoms. The van der Waals surface area contributed by atoms with E-state index in [2.05, 4.69) is 0 Å². The topological polar surface area (TPSA) is 60.7 Å². The highest BCUT2D eigenvalue weighted by molar-refractivity contribution is 6.01. The molecule has 0 unspecified atom stereocenters. The zero-order valence-electron chi connectivity index (χ0n) is 13.2. The first-order valence-electron chi connectivity index (χ1n) is 7.10. The summed E-state index contributed by atoms with van der Waals surface area (Å²) in [5, 5.41) is 10.1. The van der Waals surface area contributed by atoms with Crippen molar-refractivity contribution in [2.24, 2.45) is 7.05 Å². The number of methoxy groups -OCH3 is 2. The van der Waals surface area contributed by atoms with Crippen molar-refractivity contribution in [3.8, 4) is 22.6 Å². The van der Waals surface area contributed by atoms with E-state index in [1.165, 1.54) is 0 Å². The van der Waals surface area contributed by atoms with E-state index in [4.69, 9.17) is 14.6 Å². The van der Waals surface area contributed by atoms with Gasteiger partial charge in [-0.1, -0.05) is 6.07 Å². The van der Waals surface area contributed by atoms with Crippen molar-refractivity contribution < 1.29 is 19.4 Å². The number of aryl methyl sites for hydroxylation is 1. The Morgan fingerprint density at radius 3 is 2.48 bits per heavy atom. The first kappa shape index (κ1) is 15.0. The Kier molecular flexibility index (Phi) is 3.70. The molecule has 1 N–H and O–H groups in total. The van der Waals surface area contributed by atoms with Crippen molar-refractivity contribution in [3.63, 3.8) is 0 Å². The highest BCUT2D eigenvalue weighted by atomic mass is 16.5. The van der Waals surface area contributed by atoms with Crippen LogP contribution in [0.5, 0.6) is 11.5 Å². The van der Waals surface area contributed by atoms with Gasteiger partial charge in [-0.2, -0.15) is 0 Å². The Balaban J connectivity index is 2.23. The molecule has 0 saturated heterocycles. The molecular weight excluding hydrogens is 294 g/mol. The second-order valence-corrected chi connectivity index (χ2v) is 5.26. The maximum atomic E-state index is 11.2. The zero-order chi connectivity index (χ0) is 16.6. The minimum absolute atomic E-state index is 0.270. The van der Waals surface area contributed by atoms with Crippen molar-refractivity contribution in [1.82, 2.24) is 4.57 Å². The Morgan fingerprint density at radius 2 is 1.83 bits per heavy atom. The third kappa shape index (κ3) is 2.50. The molecule has 0 atom stereocenters. The SMILES string of the molecule is COc1ccc(-c2cn(C)c3cc(C(=O)O)ccc23)c(OC)c1. The minimum Gasteiger partial charge on any atom is -0.497 e. The van der Waals surface area contributed by atoms with E-state index >= 15 is 0 Å². The first-order chi connectivity index (χ1) is 11.0. The van der Waals surface area contributed by atoms with Crippen molar-refractivity contribution in [2.75, 3.05) is 14.2 Å². The van der Waals surface area contributed by atoms with Crippen LogP contribution in [-0.4, -0.2) is 29.9 Å². The molecule has 1 heterocycles. The van der Waals surface area contributed by atoms with Crippen LogP contribution in [0.15, 0.2) is 42.6 Å². The first-order valence-corrected chi connectivity index (χ1v) is 7.10. The lowest BCUT2D eigenvalue weighted by molar-refractivity contribution is 0.0697. The number of carboxylic acids is 1. The lowest BCUT2D eigenvalue weighted by Gasteiger charge is -2.10. The lowest BCUT2D eigenvalue weighted by Crippen LogP contribution is -1.96. The molecule has 0 saturated carbocycles. The molecule has 1 aromatic heterocycles. The third-order valence-electron chi connectivity index (χ3n) is 3.94. The van der Waals surface area contributed by atoms with Crippen LogP contribution in [0.25, 0.3) is 22.0 Å². The van der Waals surface area contributed by atoms with E-state index in [0.29, 0.717) is 5.75 Å². The molecule has 0 radical (unpaired) electrons. The summed E-state index contributed by atoms with van der Waals surface area (Å²) in [7, 11) is 5.12. The van der Waals surface area contributed by atoms with Gasteiger partial charge in [0.2, 0.25) is 0 Å². The van der Waals surface area contributed by atoms with Crippen LogP contribution in [-0.2, 0) is 7.05 Å². The molecule has 5 heteroatoms. The molecule has 0 bridgehead atoms. The van der Waals surface area contributed by atoms with Crippen LogP contribution in [0, 0.1) is 0 Å². The molecular formula is C18H17NO4. The number of carboxylic acid groups (broad SMARTS) is 1. The minimum atomic E-state index is -0.934. The Labute approximate surface area is 133 Å². The summed E-state index contributed by atoms with van der Waals surface area (Å²) in [6.07, 6.45) is 1.97. The second-order valence-electron chi connectivity index (χ2n) is 5.26. The Morgan fingerprint density at radius 1 is 1.04 bits per heavy atom. The van der Waals surface area contributed by atoms with Gasteiger partial charge >= 0.3 is 5.97 Å². The van der Waals surface area contributed by atoms with Gasteiger partial charge in [0, 0.05) is 41.3 Å². The number of nitrogens with zero attached hydrogens (tertiary/aromatic N) is 1. The summed E-state index contributed by atoms with van der Waals surface area (Å²) in [6, 6.07) is 10.8. The van der Waals surface area contributed by atoms with E-state index < -0.39 is 5.97 Å². The third-order valence-corrected chi connectivity index (χ3v) is 3.94. The van der Waals surface area contributed by atoms with Crippen LogP contribution in [0.1, 0.15) is 10.4 Å². The number of hydrogen-bond donors (Lipinski definition) is 1. The quantitative estimate of drug-likeness (QED) is 0.800. The van der Waals surface area contributed by atoms with Gasteiger partial charge in [0.15, 0.2) is 0 Å². The van der Waals surface area contributed by atoms with E-state index in [0.717, 1.165) is 27.8 Å². The molecule has 5 nitrogen and oxygen atoms in total. The van der Waals surface area contributed by atoms with Gasteiger partial charge in [-0.3, -0.25) is 0 Å². The fraction of sp³-hybridized carbons (Fsp3) is 0.167. The number of aromatic nitrogens is 1. The van der Waals surface area contributed by atoms with E-state index in [9.17, 15) is 4.79 Å². The number of ether oxygens (including phenoxy) is 2. The van der Waals surface area contributed by atoms with Gasteiger partial charge in [-0.15, -0.1) is 0 Å². The number of benzene rings is 2. The monoisotopic (exact) mass is 311 g/mol. The molecule has 0 aliphatic rings. The largest absolute Gasteiger partial charge is 0.497 e. The highest BCUT2D eigenvalue weighted by Gasteiger charge is 2.15. The smallest absolute Gasteiger partial charge is 0.335 e. The standard InChI is InChI=1S/C18H17NO4/c1-19-10-15(13-6-4-11(18(20)21)8-16(13)19)14-7-5-12(22-2)9-17(14)23-3/h4-10H,1-3H3,(H,20,21). The maximum absolute atomic E-state index is 11.2. The van der Waals surface area contributed by atoms with Crippen LogP contribution in [0.2, 0.25) is 0 Å². The Bertz CT molecular complexity index is 895. The molecule has 3 aromatic rings. The fourth-order valence-corrected chi connectivity index (χ4v) is 2.75. The van der Waals surface area contributed by atoms with Crippen LogP contribution >= 0.6 is 0 Å². The molecule has 2 aromatic carbocycles. The summed E-state index contributed by atoms with van der Waals surface area (Å²) < 4.78 is 12.6. The summed E-state index contributed by atoms with van der Waals surface area (Å²) >= 11 is 0. The fourth-order valence-electron chi connectivity index (χ4n) is 2.75.